The first-order valence-electron chi connectivity index (χ1n) is 7.21. The Morgan fingerprint density at radius 2 is 2.10 bits per heavy atom. The lowest BCUT2D eigenvalue weighted by Gasteiger charge is -2.13. The fourth-order valence-corrected chi connectivity index (χ4v) is 2.23. The molecule has 0 saturated heterocycles. The van der Waals surface area contributed by atoms with Gasteiger partial charge in [0.15, 0.2) is 5.82 Å². The molecule has 0 radical (unpaired) electrons. The van der Waals surface area contributed by atoms with Gasteiger partial charge in [0.1, 0.15) is 0 Å². The van der Waals surface area contributed by atoms with E-state index >= 15 is 0 Å². The van der Waals surface area contributed by atoms with Gasteiger partial charge in [-0.1, -0.05) is 35.0 Å². The van der Waals surface area contributed by atoms with Crippen molar-refractivity contribution >= 4 is 0 Å². The summed E-state index contributed by atoms with van der Waals surface area (Å²) in [6.07, 6.45) is 3.05. The van der Waals surface area contributed by atoms with Crippen LogP contribution >= 0.6 is 0 Å². The Morgan fingerprint density at radius 1 is 1.25 bits per heavy atom. The average Bonchev–Trinajstić information content (AvgIpc) is 2.82. The van der Waals surface area contributed by atoms with Crippen molar-refractivity contribution < 1.29 is 4.52 Å². The van der Waals surface area contributed by atoms with Crippen LogP contribution in [0.4, 0.5) is 0 Å². The van der Waals surface area contributed by atoms with Crippen molar-refractivity contribution in [3.63, 3.8) is 0 Å². The second-order valence-corrected chi connectivity index (χ2v) is 5.36. The summed E-state index contributed by atoms with van der Waals surface area (Å²) in [5.74, 6) is 1.41. The standard InChI is InChI=1S/C16H23N3O/c1-12-5-4-6-15(11-12)8-7-13(2)17-10-9-16-18-14(3)20-19-16/h4-6,11,13,17H,7-10H2,1-3H3. The summed E-state index contributed by atoms with van der Waals surface area (Å²) in [6, 6.07) is 9.21. The van der Waals surface area contributed by atoms with Crippen LogP contribution in [-0.2, 0) is 12.8 Å². The van der Waals surface area contributed by atoms with Crippen LogP contribution in [0.25, 0.3) is 0 Å². The lowest BCUT2D eigenvalue weighted by Crippen LogP contribution is -2.28. The van der Waals surface area contributed by atoms with E-state index in [1.807, 2.05) is 6.92 Å². The number of nitrogens with zero attached hydrogens (tertiary/aromatic N) is 2. The second kappa shape index (κ2) is 7.20. The summed E-state index contributed by atoms with van der Waals surface area (Å²) < 4.78 is 4.95. The first-order valence-corrected chi connectivity index (χ1v) is 7.21. The summed E-state index contributed by atoms with van der Waals surface area (Å²) >= 11 is 0. The normalized spacial score (nSPS) is 12.6. The number of hydrogen-bond acceptors (Lipinski definition) is 4. The van der Waals surface area contributed by atoms with E-state index in [0.717, 1.165) is 31.6 Å². The molecule has 1 heterocycles. The van der Waals surface area contributed by atoms with Gasteiger partial charge in [0, 0.05) is 25.9 Å². The third kappa shape index (κ3) is 4.78. The molecule has 0 spiro atoms. The van der Waals surface area contributed by atoms with Gasteiger partial charge in [-0.05, 0) is 32.3 Å². The van der Waals surface area contributed by atoms with Gasteiger partial charge in [-0.15, -0.1) is 0 Å². The molecule has 0 aliphatic rings. The van der Waals surface area contributed by atoms with E-state index in [-0.39, 0.29) is 0 Å². The quantitative estimate of drug-likeness (QED) is 0.843. The number of hydrogen-bond donors (Lipinski definition) is 1. The highest BCUT2D eigenvalue weighted by Gasteiger charge is 2.05. The van der Waals surface area contributed by atoms with Crippen LogP contribution < -0.4 is 5.32 Å². The van der Waals surface area contributed by atoms with Crippen molar-refractivity contribution in [3.05, 3.63) is 47.1 Å². The second-order valence-electron chi connectivity index (χ2n) is 5.36. The maximum atomic E-state index is 4.95. The number of benzene rings is 1. The zero-order valence-electron chi connectivity index (χ0n) is 12.5. The van der Waals surface area contributed by atoms with Crippen LogP contribution in [0.2, 0.25) is 0 Å². The highest BCUT2D eigenvalue weighted by Crippen LogP contribution is 2.08. The summed E-state index contributed by atoms with van der Waals surface area (Å²) in [5.41, 5.74) is 2.74. The molecule has 1 aromatic carbocycles. The minimum absolute atomic E-state index is 0.489. The summed E-state index contributed by atoms with van der Waals surface area (Å²) in [7, 11) is 0. The number of aryl methyl sites for hydroxylation is 3. The smallest absolute Gasteiger partial charge is 0.223 e. The molecular weight excluding hydrogens is 250 g/mol. The highest BCUT2D eigenvalue weighted by molar-refractivity contribution is 5.22. The van der Waals surface area contributed by atoms with Crippen LogP contribution in [0, 0.1) is 13.8 Å². The van der Waals surface area contributed by atoms with Crippen molar-refractivity contribution in [3.8, 4) is 0 Å². The first-order chi connectivity index (χ1) is 9.63. The van der Waals surface area contributed by atoms with E-state index < -0.39 is 0 Å². The predicted molar refractivity (Wildman–Crippen MR) is 79.7 cm³/mol. The van der Waals surface area contributed by atoms with E-state index in [0.29, 0.717) is 11.9 Å². The average molecular weight is 273 g/mol. The van der Waals surface area contributed by atoms with Gasteiger partial charge < -0.3 is 9.84 Å². The molecule has 0 aliphatic carbocycles. The number of nitrogens with one attached hydrogen (secondary N) is 1. The molecule has 0 bridgehead atoms. The van der Waals surface area contributed by atoms with E-state index in [4.69, 9.17) is 4.52 Å². The van der Waals surface area contributed by atoms with Gasteiger partial charge in [-0.25, -0.2) is 0 Å². The Hall–Kier alpha value is -1.68. The van der Waals surface area contributed by atoms with Crippen molar-refractivity contribution in [2.75, 3.05) is 6.54 Å². The van der Waals surface area contributed by atoms with Crippen LogP contribution in [-0.4, -0.2) is 22.7 Å². The molecule has 1 atom stereocenters. The number of aromatic nitrogens is 2. The van der Waals surface area contributed by atoms with Crippen LogP contribution in [0.3, 0.4) is 0 Å². The molecule has 0 amide bonds. The van der Waals surface area contributed by atoms with Gasteiger partial charge in [0.25, 0.3) is 0 Å². The SMILES string of the molecule is Cc1cccc(CCC(C)NCCc2noc(C)n2)c1. The fraction of sp³-hybridized carbons (Fsp3) is 0.500. The van der Waals surface area contributed by atoms with Gasteiger partial charge in [0.05, 0.1) is 0 Å². The molecule has 1 N–H and O–H groups in total. The third-order valence-corrected chi connectivity index (χ3v) is 3.36. The van der Waals surface area contributed by atoms with Gasteiger partial charge in [0.2, 0.25) is 5.89 Å². The molecular formula is C16H23N3O. The van der Waals surface area contributed by atoms with Crippen molar-refractivity contribution in [2.24, 2.45) is 0 Å². The topological polar surface area (TPSA) is 51.0 Å². The maximum Gasteiger partial charge on any atom is 0.223 e. The van der Waals surface area contributed by atoms with Crippen LogP contribution in [0.1, 0.15) is 36.2 Å². The van der Waals surface area contributed by atoms with Crippen LogP contribution in [0.5, 0.6) is 0 Å². The minimum atomic E-state index is 0.489. The molecule has 20 heavy (non-hydrogen) atoms. The Labute approximate surface area is 120 Å². The van der Waals surface area contributed by atoms with Crippen LogP contribution in [0.15, 0.2) is 28.8 Å². The predicted octanol–water partition coefficient (Wildman–Crippen LogP) is 2.84. The summed E-state index contributed by atoms with van der Waals surface area (Å²) in [6.45, 7) is 7.05. The fourth-order valence-electron chi connectivity index (χ4n) is 2.23. The molecule has 2 aromatic rings. The molecule has 2 rings (SSSR count). The van der Waals surface area contributed by atoms with Gasteiger partial charge in [-0.3, -0.25) is 0 Å². The summed E-state index contributed by atoms with van der Waals surface area (Å²) in [5, 5.41) is 7.39. The largest absolute Gasteiger partial charge is 0.340 e. The molecule has 1 unspecified atom stereocenters. The molecule has 108 valence electrons. The van der Waals surface area contributed by atoms with E-state index in [1.54, 1.807) is 0 Å². The van der Waals surface area contributed by atoms with Crippen molar-refractivity contribution in [2.45, 2.75) is 46.1 Å². The zero-order valence-corrected chi connectivity index (χ0v) is 12.5. The third-order valence-electron chi connectivity index (χ3n) is 3.36. The van der Waals surface area contributed by atoms with E-state index in [1.165, 1.54) is 11.1 Å². The summed E-state index contributed by atoms with van der Waals surface area (Å²) in [4.78, 5) is 4.19. The molecule has 4 nitrogen and oxygen atoms in total. The lowest BCUT2D eigenvalue weighted by molar-refractivity contribution is 0.386. The minimum Gasteiger partial charge on any atom is -0.340 e. The van der Waals surface area contributed by atoms with Gasteiger partial charge >= 0.3 is 0 Å². The van der Waals surface area contributed by atoms with Crippen molar-refractivity contribution in [1.29, 1.82) is 0 Å². The monoisotopic (exact) mass is 273 g/mol. The molecule has 4 heteroatoms. The Morgan fingerprint density at radius 3 is 2.80 bits per heavy atom. The number of rotatable bonds is 7. The first kappa shape index (κ1) is 14.7. The Balaban J connectivity index is 1.66. The molecule has 0 saturated carbocycles. The van der Waals surface area contributed by atoms with E-state index in [2.05, 4.69) is 53.6 Å². The Bertz CT molecular complexity index is 536. The maximum absolute atomic E-state index is 4.95. The van der Waals surface area contributed by atoms with Gasteiger partial charge in [-0.2, -0.15) is 4.98 Å². The lowest BCUT2D eigenvalue weighted by atomic mass is 10.0. The Kier molecular flexibility index (Phi) is 5.30. The molecule has 0 aliphatic heterocycles. The highest BCUT2D eigenvalue weighted by atomic mass is 16.5. The van der Waals surface area contributed by atoms with Crippen molar-refractivity contribution in [1.82, 2.24) is 15.5 Å². The molecule has 1 aromatic heterocycles. The van der Waals surface area contributed by atoms with E-state index in [9.17, 15) is 0 Å². The molecule has 0 fully saturated rings. The zero-order chi connectivity index (χ0) is 14.4.